The highest BCUT2D eigenvalue weighted by atomic mass is 16.5. The molecule has 0 aromatic heterocycles. The molecule has 0 fully saturated rings. The molecular formula is C45H75N5O13. The van der Waals surface area contributed by atoms with Gasteiger partial charge in [-0.15, -0.1) is 0 Å². The Bertz CT molecular complexity index is 1400. The molecule has 0 aliphatic rings. The highest BCUT2D eigenvalue weighted by molar-refractivity contribution is 5.84. The van der Waals surface area contributed by atoms with Gasteiger partial charge in [-0.1, -0.05) is 101 Å². The highest BCUT2D eigenvalue weighted by Crippen LogP contribution is 2.14. The Labute approximate surface area is 373 Å². The molecule has 358 valence electrons. The first-order valence-corrected chi connectivity index (χ1v) is 22.7. The number of nitrogens with one attached hydrogen (secondary N) is 5. The summed E-state index contributed by atoms with van der Waals surface area (Å²) in [6, 6.07) is 6.54. The molecule has 4 amide bonds. The molecule has 0 aliphatic carbocycles. The molecule has 63 heavy (non-hydrogen) atoms. The van der Waals surface area contributed by atoms with Crippen molar-refractivity contribution in [1.29, 1.82) is 0 Å². The number of hydrogen-bond acceptors (Lipinski definition) is 12. The fourth-order valence-corrected chi connectivity index (χ4v) is 6.22. The average molecular weight is 894 g/mol. The fourth-order valence-electron chi connectivity index (χ4n) is 6.22. The Morgan fingerprint density at radius 1 is 0.508 bits per heavy atom. The van der Waals surface area contributed by atoms with Gasteiger partial charge in [-0.2, -0.15) is 0 Å². The van der Waals surface area contributed by atoms with Crippen LogP contribution in [0.5, 0.6) is 0 Å². The quantitative estimate of drug-likeness (QED) is 0.0365. The van der Waals surface area contributed by atoms with Gasteiger partial charge in [-0.25, -0.2) is 4.79 Å². The number of aldehydes is 1. The SMILES string of the molecule is O=CCNCc1ccc(CNC(=O)COCCOCCNC(=O)COCCOCCNC(=O)CCC(NC(=O)CCCCCCCCCCCCCCCCC(=O)O)C(=O)O)cc1. The Morgan fingerprint density at radius 3 is 1.44 bits per heavy atom. The zero-order valence-corrected chi connectivity index (χ0v) is 37.3. The lowest BCUT2D eigenvalue weighted by atomic mass is 10.0. The van der Waals surface area contributed by atoms with Gasteiger partial charge in [0.2, 0.25) is 23.6 Å². The van der Waals surface area contributed by atoms with Gasteiger partial charge in [0.25, 0.3) is 0 Å². The summed E-state index contributed by atoms with van der Waals surface area (Å²) in [6.07, 6.45) is 16.3. The first-order chi connectivity index (χ1) is 30.6. The van der Waals surface area contributed by atoms with Crippen LogP contribution >= 0.6 is 0 Å². The van der Waals surface area contributed by atoms with Gasteiger partial charge in [0.15, 0.2) is 0 Å². The zero-order valence-electron chi connectivity index (χ0n) is 37.3. The molecule has 18 heteroatoms. The van der Waals surface area contributed by atoms with Gasteiger partial charge in [0.05, 0.1) is 46.2 Å². The number of hydrogen-bond donors (Lipinski definition) is 7. The van der Waals surface area contributed by atoms with Gasteiger partial charge in [0.1, 0.15) is 25.5 Å². The van der Waals surface area contributed by atoms with Crippen LogP contribution in [-0.2, 0) is 65.6 Å². The number of carbonyl (C=O) groups is 7. The van der Waals surface area contributed by atoms with Crippen LogP contribution in [0.4, 0.5) is 0 Å². The largest absolute Gasteiger partial charge is 0.481 e. The molecule has 0 spiro atoms. The van der Waals surface area contributed by atoms with E-state index in [9.17, 15) is 38.7 Å². The van der Waals surface area contributed by atoms with E-state index < -0.39 is 18.0 Å². The zero-order chi connectivity index (χ0) is 46.0. The Morgan fingerprint density at radius 2 is 0.952 bits per heavy atom. The maximum atomic E-state index is 12.3. The minimum Gasteiger partial charge on any atom is -0.481 e. The molecule has 0 aliphatic heterocycles. The van der Waals surface area contributed by atoms with Crippen molar-refractivity contribution >= 4 is 41.9 Å². The molecular weight excluding hydrogens is 819 g/mol. The van der Waals surface area contributed by atoms with E-state index in [0.29, 0.717) is 26.1 Å². The van der Waals surface area contributed by atoms with Crippen molar-refractivity contribution in [1.82, 2.24) is 26.6 Å². The number of aliphatic carboxylic acids is 2. The molecule has 7 N–H and O–H groups in total. The van der Waals surface area contributed by atoms with E-state index in [1.807, 2.05) is 24.3 Å². The summed E-state index contributed by atoms with van der Waals surface area (Å²) in [6.45, 7) is 2.78. The standard InChI is InChI=1S/C45H75N5O13/c51-26-23-46-33-37-17-19-38(20-18-37)34-49-43(55)36-63-32-30-61-28-25-48-42(54)35-62-31-29-60-27-24-47-40(52)22-21-39(45(58)59)50-41(53)15-13-11-9-7-5-3-1-2-4-6-8-10-12-14-16-44(56)57/h17-20,26,39,46H,1-16,21-25,27-36H2,(H,47,52)(H,48,54)(H,49,55)(H,50,53)(H,56,57)(H,58,59). The average Bonchev–Trinajstić information content (AvgIpc) is 3.26. The van der Waals surface area contributed by atoms with E-state index in [0.717, 1.165) is 55.9 Å². The smallest absolute Gasteiger partial charge is 0.326 e. The van der Waals surface area contributed by atoms with Crippen LogP contribution < -0.4 is 26.6 Å². The van der Waals surface area contributed by atoms with Gasteiger partial charge in [0, 0.05) is 45.4 Å². The lowest BCUT2D eigenvalue weighted by Gasteiger charge is -2.14. The van der Waals surface area contributed by atoms with E-state index >= 15 is 0 Å². The molecule has 1 atom stereocenters. The van der Waals surface area contributed by atoms with Crippen LogP contribution in [0, 0.1) is 0 Å². The predicted molar refractivity (Wildman–Crippen MR) is 236 cm³/mol. The predicted octanol–water partition coefficient (Wildman–Crippen LogP) is 3.57. The molecule has 1 aromatic rings. The fraction of sp³-hybridized carbons (Fsp3) is 0.711. The van der Waals surface area contributed by atoms with Crippen LogP contribution in [0.2, 0.25) is 0 Å². The summed E-state index contributed by atoms with van der Waals surface area (Å²) in [5.74, 6) is -3.16. The highest BCUT2D eigenvalue weighted by Gasteiger charge is 2.21. The summed E-state index contributed by atoms with van der Waals surface area (Å²) in [5.41, 5.74) is 1.98. The maximum absolute atomic E-state index is 12.3. The number of rotatable bonds is 44. The number of benzene rings is 1. The number of carboxylic acids is 2. The Balaban J connectivity index is 1.92. The molecule has 0 saturated heterocycles. The van der Waals surface area contributed by atoms with E-state index in [-0.39, 0.29) is 115 Å². The third-order valence-electron chi connectivity index (χ3n) is 9.75. The summed E-state index contributed by atoms with van der Waals surface area (Å²) in [7, 11) is 0. The summed E-state index contributed by atoms with van der Waals surface area (Å²) in [4.78, 5) is 81.0. The lowest BCUT2D eigenvalue weighted by Crippen LogP contribution is -2.41. The van der Waals surface area contributed by atoms with Gasteiger partial charge < -0.3 is 60.5 Å². The summed E-state index contributed by atoms with van der Waals surface area (Å²) >= 11 is 0. The molecule has 0 radical (unpaired) electrons. The van der Waals surface area contributed by atoms with Crippen LogP contribution in [0.25, 0.3) is 0 Å². The number of amides is 4. The van der Waals surface area contributed by atoms with E-state index in [1.54, 1.807) is 0 Å². The second-order valence-corrected chi connectivity index (χ2v) is 15.3. The number of ether oxygens (including phenoxy) is 4. The minimum absolute atomic E-state index is 0.0275. The van der Waals surface area contributed by atoms with Crippen molar-refractivity contribution in [3.8, 4) is 0 Å². The first-order valence-electron chi connectivity index (χ1n) is 22.7. The Hall–Kier alpha value is -4.49. The Kier molecular flexibility index (Phi) is 36.2. The molecule has 18 nitrogen and oxygen atoms in total. The van der Waals surface area contributed by atoms with Crippen molar-refractivity contribution in [2.45, 2.75) is 135 Å². The first kappa shape index (κ1) is 56.5. The third-order valence-corrected chi connectivity index (χ3v) is 9.75. The van der Waals surface area contributed by atoms with Crippen LogP contribution in [0.3, 0.4) is 0 Å². The lowest BCUT2D eigenvalue weighted by molar-refractivity contribution is -0.142. The maximum Gasteiger partial charge on any atom is 0.326 e. The van der Waals surface area contributed by atoms with Crippen LogP contribution in [0.1, 0.15) is 127 Å². The van der Waals surface area contributed by atoms with Gasteiger partial charge in [-0.05, 0) is 30.4 Å². The summed E-state index contributed by atoms with van der Waals surface area (Å²) in [5, 5.41) is 31.8. The molecule has 0 bridgehead atoms. The molecule has 1 rings (SSSR count). The minimum atomic E-state index is -1.18. The van der Waals surface area contributed by atoms with E-state index in [1.165, 1.54) is 44.9 Å². The van der Waals surface area contributed by atoms with Crippen molar-refractivity contribution in [2.24, 2.45) is 0 Å². The number of carbonyl (C=O) groups excluding carboxylic acids is 5. The van der Waals surface area contributed by atoms with E-state index in [4.69, 9.17) is 24.1 Å². The molecule has 0 saturated carbocycles. The van der Waals surface area contributed by atoms with Gasteiger partial charge >= 0.3 is 11.9 Å². The van der Waals surface area contributed by atoms with Crippen molar-refractivity contribution < 1.29 is 62.7 Å². The monoisotopic (exact) mass is 894 g/mol. The number of carboxylic acid groups (broad SMARTS) is 2. The molecule has 1 aromatic carbocycles. The second kappa shape index (κ2) is 40.3. The molecule has 0 heterocycles. The third kappa shape index (κ3) is 36.7. The van der Waals surface area contributed by atoms with Crippen molar-refractivity contribution in [3.05, 3.63) is 35.4 Å². The van der Waals surface area contributed by atoms with Crippen LogP contribution in [-0.4, -0.2) is 131 Å². The topological polar surface area (TPSA) is 257 Å². The van der Waals surface area contributed by atoms with Crippen LogP contribution in [0.15, 0.2) is 24.3 Å². The van der Waals surface area contributed by atoms with Gasteiger partial charge in [-0.3, -0.25) is 24.0 Å². The second-order valence-electron chi connectivity index (χ2n) is 15.3. The number of unbranched alkanes of at least 4 members (excludes halogenated alkanes) is 13. The molecule has 1 unspecified atom stereocenters. The normalized spacial score (nSPS) is 11.4. The summed E-state index contributed by atoms with van der Waals surface area (Å²) < 4.78 is 21.4. The van der Waals surface area contributed by atoms with E-state index in [2.05, 4.69) is 26.6 Å². The van der Waals surface area contributed by atoms with Crippen molar-refractivity contribution in [2.75, 3.05) is 72.5 Å². The van der Waals surface area contributed by atoms with Crippen molar-refractivity contribution in [3.63, 3.8) is 0 Å².